The molecule has 0 aliphatic carbocycles. The van der Waals surface area contributed by atoms with Gasteiger partial charge in [-0.1, -0.05) is 15.9 Å². The van der Waals surface area contributed by atoms with E-state index in [0.29, 0.717) is 0 Å². The molecule has 1 aromatic rings. The van der Waals surface area contributed by atoms with E-state index in [1.807, 2.05) is 30.4 Å². The minimum absolute atomic E-state index is 1.04. The molecule has 55 valence electrons. The zero-order valence-electron chi connectivity index (χ0n) is 6.08. The van der Waals surface area contributed by atoms with Crippen molar-refractivity contribution in [3.8, 4) is 0 Å². The first-order valence-corrected chi connectivity index (χ1v) is 4.13. The van der Waals surface area contributed by atoms with Crippen molar-refractivity contribution in [2.24, 2.45) is 0 Å². The average Bonchev–Trinajstić information content (AvgIpc) is 2.33. The van der Waals surface area contributed by atoms with Gasteiger partial charge < -0.3 is 0 Å². The normalized spacial score (nSPS) is 13.8. The molecule has 0 saturated carbocycles. The molecular formula is C8H7BrN2+. The topological polar surface area (TPSA) is 17.3 Å². The number of nitrogens with zero attached hydrogens (tertiary/aromatic N) is 2. The van der Waals surface area contributed by atoms with E-state index in [9.17, 15) is 0 Å². The maximum absolute atomic E-state index is 4.20. The Morgan fingerprint density at radius 1 is 1.45 bits per heavy atom. The van der Waals surface area contributed by atoms with Gasteiger partial charge in [0.25, 0.3) is 6.34 Å². The van der Waals surface area contributed by atoms with Gasteiger partial charge >= 0.3 is 0 Å². The Balaban J connectivity index is 2.58. The van der Waals surface area contributed by atoms with Gasteiger partial charge in [-0.2, -0.15) is 0 Å². The highest BCUT2D eigenvalue weighted by Gasteiger charge is 2.21. The van der Waals surface area contributed by atoms with Crippen LogP contribution in [0.2, 0.25) is 0 Å². The van der Waals surface area contributed by atoms with E-state index in [0.717, 1.165) is 15.8 Å². The fourth-order valence-corrected chi connectivity index (χ4v) is 1.45. The molecule has 0 fully saturated rings. The number of aliphatic imine (C=N–C) groups is 1. The smallest absolute Gasteiger partial charge is 0.229 e. The van der Waals surface area contributed by atoms with Crippen molar-refractivity contribution in [3.63, 3.8) is 0 Å². The molecule has 0 N–H and O–H groups in total. The second kappa shape index (κ2) is 2.34. The summed E-state index contributed by atoms with van der Waals surface area (Å²) < 4.78 is 1.09. The Labute approximate surface area is 73.7 Å². The molecule has 0 atom stereocenters. The molecule has 0 spiro atoms. The molecule has 0 saturated heterocycles. The predicted molar refractivity (Wildman–Crippen MR) is 50.4 cm³/mol. The molecule has 2 nitrogen and oxygen atoms in total. The van der Waals surface area contributed by atoms with Crippen LogP contribution in [-0.4, -0.2) is 13.4 Å². The highest BCUT2D eigenvalue weighted by Crippen LogP contribution is 2.29. The van der Waals surface area contributed by atoms with Crippen molar-refractivity contribution in [1.82, 2.24) is 4.99 Å². The third kappa shape index (κ3) is 1.05. The lowest BCUT2D eigenvalue weighted by atomic mass is 10.3. The number of halogens is 1. The summed E-state index contributed by atoms with van der Waals surface area (Å²) in [4.78, 5) is 6.20. The quantitative estimate of drug-likeness (QED) is 0.640. The van der Waals surface area contributed by atoms with E-state index in [2.05, 4.69) is 27.0 Å². The number of benzene rings is 1. The summed E-state index contributed by atoms with van der Waals surface area (Å²) in [5.74, 6) is 0. The zero-order valence-corrected chi connectivity index (χ0v) is 7.67. The summed E-state index contributed by atoms with van der Waals surface area (Å²) in [5, 5.41) is 0. The van der Waals surface area contributed by atoms with Crippen molar-refractivity contribution in [3.05, 3.63) is 22.7 Å². The van der Waals surface area contributed by atoms with Crippen LogP contribution in [0.1, 0.15) is 0 Å². The lowest BCUT2D eigenvalue weighted by molar-refractivity contribution is 1.33. The van der Waals surface area contributed by atoms with Gasteiger partial charge in [0.1, 0.15) is 0 Å². The van der Waals surface area contributed by atoms with Crippen molar-refractivity contribution < 1.29 is 0 Å². The van der Waals surface area contributed by atoms with Crippen molar-refractivity contribution in [1.29, 1.82) is 0 Å². The van der Waals surface area contributed by atoms with E-state index >= 15 is 0 Å². The molecule has 2 rings (SSSR count). The molecule has 1 radical (unpaired) electrons. The molecule has 0 unspecified atom stereocenters. The first-order valence-electron chi connectivity index (χ1n) is 3.34. The van der Waals surface area contributed by atoms with E-state index in [4.69, 9.17) is 0 Å². The summed E-state index contributed by atoms with van der Waals surface area (Å²) in [6.45, 7) is 0. The zero-order chi connectivity index (χ0) is 7.84. The van der Waals surface area contributed by atoms with Gasteiger partial charge in [-0.25, -0.2) is 4.90 Å². The van der Waals surface area contributed by atoms with Crippen molar-refractivity contribution >= 4 is 33.6 Å². The van der Waals surface area contributed by atoms with E-state index in [1.165, 1.54) is 0 Å². The molecule has 11 heavy (non-hydrogen) atoms. The summed E-state index contributed by atoms with van der Waals surface area (Å²) in [6, 6.07) is 6.05. The fraction of sp³-hybridized carbons (Fsp3) is 0.125. The highest BCUT2D eigenvalue weighted by molar-refractivity contribution is 9.10. The Hall–Kier alpha value is -0.830. The fourth-order valence-electron chi connectivity index (χ4n) is 1.10. The van der Waals surface area contributed by atoms with E-state index in [1.54, 1.807) is 0 Å². The van der Waals surface area contributed by atoms with Crippen LogP contribution in [0.25, 0.3) is 0 Å². The number of rotatable bonds is 0. The number of hydrogen-bond donors (Lipinski definition) is 0. The first kappa shape index (κ1) is 6.85. The third-order valence-electron chi connectivity index (χ3n) is 1.69. The lowest BCUT2D eigenvalue weighted by Gasteiger charge is -1.98. The van der Waals surface area contributed by atoms with Crippen LogP contribution in [0.4, 0.5) is 11.4 Å². The molecule has 3 heteroatoms. The molecule has 0 bridgehead atoms. The molecule has 0 amide bonds. The van der Waals surface area contributed by atoms with Gasteiger partial charge in [0.2, 0.25) is 5.69 Å². The Bertz CT molecular complexity index is 320. The summed E-state index contributed by atoms with van der Waals surface area (Å²) in [5.41, 5.74) is 2.19. The predicted octanol–water partition coefficient (Wildman–Crippen LogP) is 1.89. The Kier molecular flexibility index (Phi) is 1.46. The minimum atomic E-state index is 1.04. The van der Waals surface area contributed by atoms with Crippen molar-refractivity contribution in [2.45, 2.75) is 0 Å². The second-order valence-electron chi connectivity index (χ2n) is 2.49. The summed E-state index contributed by atoms with van der Waals surface area (Å²) in [7, 11) is 1.99. The van der Waals surface area contributed by atoms with Gasteiger partial charge in [0.15, 0.2) is 5.69 Å². The van der Waals surface area contributed by atoms with E-state index < -0.39 is 0 Å². The molecule has 1 aromatic carbocycles. The monoisotopic (exact) mass is 210 g/mol. The maximum Gasteiger partial charge on any atom is 0.287 e. The molecule has 0 aromatic heterocycles. The van der Waals surface area contributed by atoms with Crippen LogP contribution in [0.3, 0.4) is 0 Å². The Morgan fingerprint density at radius 3 is 3.09 bits per heavy atom. The largest absolute Gasteiger partial charge is 0.287 e. The summed E-state index contributed by atoms with van der Waals surface area (Å²) >= 11 is 3.41. The van der Waals surface area contributed by atoms with Crippen LogP contribution >= 0.6 is 15.9 Å². The van der Waals surface area contributed by atoms with Gasteiger partial charge in [-0.15, -0.1) is 0 Å². The van der Waals surface area contributed by atoms with Crippen LogP contribution in [0.5, 0.6) is 0 Å². The van der Waals surface area contributed by atoms with Crippen LogP contribution in [0, 0.1) is 0 Å². The van der Waals surface area contributed by atoms with Crippen LogP contribution < -0.4 is 9.89 Å². The Morgan fingerprint density at radius 2 is 2.27 bits per heavy atom. The average molecular weight is 211 g/mol. The number of fused-ring (bicyclic) bond motifs is 1. The van der Waals surface area contributed by atoms with Gasteiger partial charge in [0.05, 0.1) is 7.05 Å². The van der Waals surface area contributed by atoms with Crippen LogP contribution in [0.15, 0.2) is 22.7 Å². The lowest BCUT2D eigenvalue weighted by Crippen LogP contribution is -2.10. The van der Waals surface area contributed by atoms with Crippen LogP contribution in [-0.2, 0) is 0 Å². The highest BCUT2D eigenvalue weighted by atomic mass is 79.9. The molecular weight excluding hydrogens is 204 g/mol. The van der Waals surface area contributed by atoms with Gasteiger partial charge in [0, 0.05) is 10.5 Å². The third-order valence-corrected chi connectivity index (χ3v) is 2.18. The molecule has 1 aliphatic rings. The maximum atomic E-state index is 4.20. The second-order valence-corrected chi connectivity index (χ2v) is 3.40. The number of hydrogen-bond acceptors (Lipinski definition) is 2. The van der Waals surface area contributed by atoms with Gasteiger partial charge in [-0.05, 0) is 17.1 Å². The first-order chi connectivity index (χ1) is 5.27. The van der Waals surface area contributed by atoms with Gasteiger partial charge in [-0.3, -0.25) is 0 Å². The number of anilines is 1. The van der Waals surface area contributed by atoms with E-state index in [-0.39, 0.29) is 0 Å². The SMILES string of the molecule is CN1C=[N+]c2ccc(Br)cc21. The molecule has 1 heterocycles. The standard InChI is InChI=1S/C8H7BrN2/c1-11-5-10-7-3-2-6(9)4-8(7)11/h2-5H,1H3/q+1. The summed E-state index contributed by atoms with van der Waals surface area (Å²) in [6.07, 6.45) is 1.82. The molecule has 1 aliphatic heterocycles. The van der Waals surface area contributed by atoms with Crippen molar-refractivity contribution in [2.75, 3.05) is 11.9 Å². The minimum Gasteiger partial charge on any atom is -0.229 e.